The summed E-state index contributed by atoms with van der Waals surface area (Å²) in [5.41, 5.74) is 0. The lowest BCUT2D eigenvalue weighted by Crippen LogP contribution is -2.30. The van der Waals surface area contributed by atoms with Gasteiger partial charge in [0.2, 0.25) is 0 Å². The second kappa shape index (κ2) is 50.2. The molecule has 0 saturated carbocycles. The molecule has 0 aliphatic heterocycles. The molecule has 0 aromatic rings. The summed E-state index contributed by atoms with van der Waals surface area (Å²) in [5.74, 6) is -0.978. The van der Waals surface area contributed by atoms with Crippen LogP contribution in [0.3, 0.4) is 0 Å². The van der Waals surface area contributed by atoms with Crippen molar-refractivity contribution in [2.45, 2.75) is 239 Å². The van der Waals surface area contributed by atoms with Gasteiger partial charge in [0.1, 0.15) is 13.2 Å². The van der Waals surface area contributed by atoms with Crippen LogP contribution in [-0.2, 0) is 28.6 Å². The van der Waals surface area contributed by atoms with E-state index in [0.29, 0.717) is 19.3 Å². The molecule has 0 rings (SSSR count). The molecule has 0 aromatic carbocycles. The zero-order valence-corrected chi connectivity index (χ0v) is 40.4. The van der Waals surface area contributed by atoms with E-state index in [1.165, 1.54) is 89.9 Å². The molecule has 0 spiro atoms. The van der Waals surface area contributed by atoms with Gasteiger partial charge in [0.05, 0.1) is 0 Å². The minimum atomic E-state index is -0.809. The van der Waals surface area contributed by atoms with Crippen LogP contribution in [0.5, 0.6) is 0 Å². The number of hydrogen-bond donors (Lipinski definition) is 0. The second-order valence-electron chi connectivity index (χ2n) is 16.8. The van der Waals surface area contributed by atoms with Gasteiger partial charge in [-0.15, -0.1) is 0 Å². The number of hydrogen-bond acceptors (Lipinski definition) is 6. The van der Waals surface area contributed by atoms with Gasteiger partial charge in [0.15, 0.2) is 6.10 Å². The second-order valence-corrected chi connectivity index (χ2v) is 16.8. The first-order valence-electron chi connectivity index (χ1n) is 25.7. The fraction of sp³-hybridized carbons (Fsp3) is 0.696. The number of carbonyl (C=O) groups is 3. The maximum Gasteiger partial charge on any atom is 0.306 e. The zero-order chi connectivity index (χ0) is 45.1. The molecule has 0 N–H and O–H groups in total. The normalized spacial score (nSPS) is 12.8. The number of rotatable bonds is 45. The van der Waals surface area contributed by atoms with Gasteiger partial charge in [-0.2, -0.15) is 0 Å². The van der Waals surface area contributed by atoms with Crippen molar-refractivity contribution in [3.8, 4) is 0 Å². The molecule has 1 atom stereocenters. The van der Waals surface area contributed by atoms with Crippen molar-refractivity contribution >= 4 is 17.9 Å². The Balaban J connectivity index is 4.47. The van der Waals surface area contributed by atoms with E-state index in [1.54, 1.807) is 0 Å². The van der Waals surface area contributed by atoms with Crippen molar-refractivity contribution in [2.75, 3.05) is 13.2 Å². The van der Waals surface area contributed by atoms with E-state index in [9.17, 15) is 14.4 Å². The molecule has 0 heterocycles. The van der Waals surface area contributed by atoms with Crippen LogP contribution in [0.2, 0.25) is 0 Å². The summed E-state index contributed by atoms with van der Waals surface area (Å²) in [6.45, 7) is 6.42. The Morgan fingerprint density at radius 1 is 0.339 bits per heavy atom. The van der Waals surface area contributed by atoms with Crippen LogP contribution >= 0.6 is 0 Å². The smallest absolute Gasteiger partial charge is 0.306 e. The number of unbranched alkanes of at least 4 members (excludes halogenated alkanes) is 24. The Hall–Kier alpha value is -3.41. The predicted octanol–water partition coefficient (Wildman–Crippen LogP) is 16.8. The molecule has 6 heteroatoms. The predicted molar refractivity (Wildman–Crippen MR) is 265 cm³/mol. The minimum Gasteiger partial charge on any atom is -0.462 e. The minimum absolute atomic E-state index is 0.106. The van der Waals surface area contributed by atoms with Gasteiger partial charge in [-0.05, 0) is 89.9 Å². The highest BCUT2D eigenvalue weighted by atomic mass is 16.6. The van der Waals surface area contributed by atoms with E-state index in [4.69, 9.17) is 14.2 Å². The molecule has 0 fully saturated rings. The highest BCUT2D eigenvalue weighted by Gasteiger charge is 2.19. The highest BCUT2D eigenvalue weighted by molar-refractivity contribution is 5.71. The maximum atomic E-state index is 12.8. The van der Waals surface area contributed by atoms with Crippen LogP contribution in [0, 0.1) is 0 Å². The van der Waals surface area contributed by atoms with Gasteiger partial charge >= 0.3 is 17.9 Å². The van der Waals surface area contributed by atoms with E-state index < -0.39 is 6.10 Å². The van der Waals surface area contributed by atoms with Crippen molar-refractivity contribution < 1.29 is 28.6 Å². The zero-order valence-electron chi connectivity index (χ0n) is 40.4. The third-order valence-corrected chi connectivity index (χ3v) is 10.7. The topological polar surface area (TPSA) is 78.9 Å². The molecule has 6 nitrogen and oxygen atoms in total. The third-order valence-electron chi connectivity index (χ3n) is 10.7. The first kappa shape index (κ1) is 58.6. The van der Waals surface area contributed by atoms with Crippen LogP contribution in [0.1, 0.15) is 233 Å². The molecule has 1 unspecified atom stereocenters. The first-order valence-corrected chi connectivity index (χ1v) is 25.7. The molecule has 0 saturated heterocycles. The quantitative estimate of drug-likeness (QED) is 0.0199. The Morgan fingerprint density at radius 2 is 0.645 bits per heavy atom. The highest BCUT2D eigenvalue weighted by Crippen LogP contribution is 2.13. The number of allylic oxidation sites excluding steroid dienone is 14. The summed E-state index contributed by atoms with van der Waals surface area (Å²) < 4.78 is 16.7. The van der Waals surface area contributed by atoms with Crippen LogP contribution in [0.15, 0.2) is 85.1 Å². The summed E-state index contributed by atoms with van der Waals surface area (Å²) in [4.78, 5) is 37.9. The average molecular weight is 863 g/mol. The van der Waals surface area contributed by atoms with E-state index in [0.717, 1.165) is 96.3 Å². The van der Waals surface area contributed by atoms with E-state index in [-0.39, 0.29) is 37.5 Å². The largest absolute Gasteiger partial charge is 0.462 e. The molecular formula is C56H94O6. The molecule has 354 valence electrons. The van der Waals surface area contributed by atoms with E-state index in [2.05, 4.69) is 69.4 Å². The fourth-order valence-electron chi connectivity index (χ4n) is 6.85. The Labute approximate surface area is 382 Å². The van der Waals surface area contributed by atoms with Crippen LogP contribution in [0.25, 0.3) is 0 Å². The monoisotopic (exact) mass is 863 g/mol. The SMILES string of the molecule is CC\C=C/C=C\C=C/C=C\CCCCCC(=O)OC(COC(=O)CCCCC/C=C\CCCCCCCC)COC(=O)CCCCCCC/C=C\C=C/CCCCCCCCC. The Morgan fingerprint density at radius 3 is 1.06 bits per heavy atom. The third kappa shape index (κ3) is 47.6. The molecular weight excluding hydrogens is 769 g/mol. The lowest BCUT2D eigenvalue weighted by Gasteiger charge is -2.18. The van der Waals surface area contributed by atoms with Crippen LogP contribution in [-0.4, -0.2) is 37.2 Å². The average Bonchev–Trinajstić information content (AvgIpc) is 3.27. The van der Waals surface area contributed by atoms with Crippen molar-refractivity contribution in [2.24, 2.45) is 0 Å². The van der Waals surface area contributed by atoms with Crippen molar-refractivity contribution in [3.05, 3.63) is 85.1 Å². The molecule has 0 aromatic heterocycles. The number of ether oxygens (including phenoxy) is 3. The Kier molecular flexibility index (Phi) is 47.5. The van der Waals surface area contributed by atoms with Crippen LogP contribution < -0.4 is 0 Å². The van der Waals surface area contributed by atoms with Crippen molar-refractivity contribution in [1.82, 2.24) is 0 Å². The van der Waals surface area contributed by atoms with E-state index >= 15 is 0 Å². The van der Waals surface area contributed by atoms with Gasteiger partial charge < -0.3 is 14.2 Å². The fourth-order valence-corrected chi connectivity index (χ4v) is 6.85. The lowest BCUT2D eigenvalue weighted by atomic mass is 10.1. The van der Waals surface area contributed by atoms with Gasteiger partial charge in [-0.25, -0.2) is 0 Å². The standard InChI is InChI=1S/C56H94O6/c1-4-7-10-13-16-19-22-25-26-27-28-29-32-34-37-40-43-46-49-55(58)61-52-53(62-56(59)50-47-44-41-38-35-31-24-21-18-15-12-9-6-3)51-60-54(57)48-45-42-39-36-33-30-23-20-17-14-11-8-5-2/h9,12,15,18,21,24,26-31,33,35,53H,4-8,10-11,13-14,16-17,19-20,22-23,25,32,34,36-52H2,1-3H3/b12-9-,18-15-,24-21-,27-26-,29-28-,33-30-,35-31-. The summed E-state index contributed by atoms with van der Waals surface area (Å²) >= 11 is 0. The summed E-state index contributed by atoms with van der Waals surface area (Å²) in [5, 5.41) is 0. The van der Waals surface area contributed by atoms with Crippen molar-refractivity contribution in [3.63, 3.8) is 0 Å². The van der Waals surface area contributed by atoms with Crippen LogP contribution in [0.4, 0.5) is 0 Å². The number of esters is 3. The number of carbonyl (C=O) groups excluding carboxylic acids is 3. The van der Waals surface area contributed by atoms with E-state index in [1.807, 2.05) is 36.5 Å². The summed E-state index contributed by atoms with van der Waals surface area (Å²) in [7, 11) is 0. The van der Waals surface area contributed by atoms with Crippen molar-refractivity contribution in [1.29, 1.82) is 0 Å². The molecule has 0 radical (unpaired) electrons. The van der Waals surface area contributed by atoms with Gasteiger partial charge in [-0.3, -0.25) is 14.4 Å². The molecule has 0 aliphatic carbocycles. The summed E-state index contributed by atoms with van der Waals surface area (Å²) in [6, 6.07) is 0. The Bertz CT molecular complexity index is 1220. The molecule has 0 aliphatic rings. The summed E-state index contributed by atoms with van der Waals surface area (Å²) in [6.07, 6.45) is 64.3. The molecule has 62 heavy (non-hydrogen) atoms. The van der Waals surface area contributed by atoms with Gasteiger partial charge in [0.25, 0.3) is 0 Å². The molecule has 0 bridgehead atoms. The maximum absolute atomic E-state index is 12.8. The van der Waals surface area contributed by atoms with Gasteiger partial charge in [0, 0.05) is 19.3 Å². The van der Waals surface area contributed by atoms with Gasteiger partial charge in [-0.1, -0.05) is 209 Å². The molecule has 0 amide bonds. The first-order chi connectivity index (χ1) is 30.5. The lowest BCUT2D eigenvalue weighted by molar-refractivity contribution is -0.167.